The highest BCUT2D eigenvalue weighted by Crippen LogP contribution is 2.14. The number of β-amino-alcohol motifs (C(OH)–C–C–N with tert-alkyl or cyclic N) is 1. The van der Waals surface area contributed by atoms with Crippen LogP contribution < -0.4 is 5.32 Å². The molecule has 2 amide bonds. The van der Waals surface area contributed by atoms with Crippen molar-refractivity contribution in [1.82, 2.24) is 10.2 Å². The molecule has 0 saturated carbocycles. The average molecular weight is 198 g/mol. The quantitative estimate of drug-likeness (QED) is 0.559. The van der Waals surface area contributed by atoms with Crippen LogP contribution in [0.25, 0.3) is 0 Å². The summed E-state index contributed by atoms with van der Waals surface area (Å²) in [5.74, 6) is -0.101. The van der Waals surface area contributed by atoms with Crippen LogP contribution in [0.1, 0.15) is 19.3 Å². The largest absolute Gasteiger partial charge is 0.391 e. The van der Waals surface area contributed by atoms with Crippen molar-refractivity contribution in [2.24, 2.45) is 0 Å². The third kappa shape index (κ3) is 1.72. The summed E-state index contributed by atoms with van der Waals surface area (Å²) in [4.78, 5) is 24.3. The lowest BCUT2D eigenvalue weighted by Crippen LogP contribution is -2.43. The standard InChI is InChI=1S/C9H14N2O3/c12-6-3-4-11(5-6)9(14)7-1-2-8(13)10-7/h6-7,12H,1-5H2,(H,10,13)/t6-,7-/m1/s1. The number of aliphatic hydroxyl groups excluding tert-OH is 1. The molecule has 0 aromatic rings. The van der Waals surface area contributed by atoms with Gasteiger partial charge in [-0.15, -0.1) is 0 Å². The summed E-state index contributed by atoms with van der Waals surface area (Å²) in [5, 5.41) is 11.9. The van der Waals surface area contributed by atoms with E-state index in [2.05, 4.69) is 5.32 Å². The smallest absolute Gasteiger partial charge is 0.245 e. The van der Waals surface area contributed by atoms with Crippen LogP contribution in [-0.4, -0.2) is 47.1 Å². The third-order valence-electron chi connectivity index (χ3n) is 2.77. The minimum atomic E-state index is -0.393. The molecule has 2 fully saturated rings. The zero-order chi connectivity index (χ0) is 10.1. The van der Waals surface area contributed by atoms with Gasteiger partial charge in [0, 0.05) is 19.5 Å². The van der Waals surface area contributed by atoms with Crippen molar-refractivity contribution < 1.29 is 14.7 Å². The van der Waals surface area contributed by atoms with E-state index in [0.717, 1.165) is 0 Å². The molecule has 2 atom stereocenters. The summed E-state index contributed by atoms with van der Waals surface area (Å²) in [6, 6.07) is -0.354. The van der Waals surface area contributed by atoms with Gasteiger partial charge in [0.2, 0.25) is 11.8 Å². The first kappa shape index (κ1) is 9.45. The Balaban J connectivity index is 1.92. The van der Waals surface area contributed by atoms with Gasteiger partial charge in [-0.05, 0) is 12.8 Å². The van der Waals surface area contributed by atoms with Crippen LogP contribution in [0.5, 0.6) is 0 Å². The molecule has 14 heavy (non-hydrogen) atoms. The lowest BCUT2D eigenvalue weighted by Gasteiger charge is -2.19. The van der Waals surface area contributed by atoms with E-state index in [1.165, 1.54) is 0 Å². The minimum absolute atomic E-state index is 0.0487. The van der Waals surface area contributed by atoms with Gasteiger partial charge in [-0.25, -0.2) is 0 Å². The van der Waals surface area contributed by atoms with E-state index in [0.29, 0.717) is 32.4 Å². The summed E-state index contributed by atoms with van der Waals surface area (Å²) in [7, 11) is 0. The van der Waals surface area contributed by atoms with Gasteiger partial charge < -0.3 is 15.3 Å². The van der Waals surface area contributed by atoms with Crippen LogP contribution in [0.2, 0.25) is 0 Å². The first-order valence-corrected chi connectivity index (χ1v) is 4.93. The number of nitrogens with zero attached hydrogens (tertiary/aromatic N) is 1. The van der Waals surface area contributed by atoms with Gasteiger partial charge in [-0.1, -0.05) is 0 Å². The third-order valence-corrected chi connectivity index (χ3v) is 2.77. The number of rotatable bonds is 1. The van der Waals surface area contributed by atoms with Crippen LogP contribution in [-0.2, 0) is 9.59 Å². The maximum absolute atomic E-state index is 11.7. The molecule has 2 aliphatic rings. The van der Waals surface area contributed by atoms with Gasteiger partial charge in [0.25, 0.3) is 0 Å². The molecule has 5 nitrogen and oxygen atoms in total. The molecular weight excluding hydrogens is 184 g/mol. The minimum Gasteiger partial charge on any atom is -0.391 e. The Labute approximate surface area is 82.1 Å². The number of hydrogen-bond acceptors (Lipinski definition) is 3. The molecule has 2 aliphatic heterocycles. The van der Waals surface area contributed by atoms with E-state index >= 15 is 0 Å². The fourth-order valence-corrected chi connectivity index (χ4v) is 1.96. The van der Waals surface area contributed by atoms with E-state index in [1.807, 2.05) is 0 Å². The molecule has 0 bridgehead atoms. The normalized spacial score (nSPS) is 32.1. The summed E-state index contributed by atoms with van der Waals surface area (Å²) in [6.45, 7) is 1.01. The molecule has 0 spiro atoms. The van der Waals surface area contributed by atoms with Gasteiger partial charge in [0.05, 0.1) is 6.10 Å². The van der Waals surface area contributed by atoms with Crippen LogP contribution in [0, 0.1) is 0 Å². The zero-order valence-electron chi connectivity index (χ0n) is 7.90. The van der Waals surface area contributed by atoms with Crippen LogP contribution in [0.4, 0.5) is 0 Å². The molecule has 0 unspecified atom stereocenters. The van der Waals surface area contributed by atoms with Crippen molar-refractivity contribution in [2.75, 3.05) is 13.1 Å². The SMILES string of the molecule is O=C1CC[C@H](C(=O)N2CC[C@@H](O)C2)N1. The highest BCUT2D eigenvalue weighted by Gasteiger charge is 2.33. The second-order valence-corrected chi connectivity index (χ2v) is 3.89. The van der Waals surface area contributed by atoms with Gasteiger partial charge in [-0.2, -0.15) is 0 Å². The van der Waals surface area contributed by atoms with Crippen molar-refractivity contribution >= 4 is 11.8 Å². The van der Waals surface area contributed by atoms with Crippen molar-refractivity contribution in [3.63, 3.8) is 0 Å². The van der Waals surface area contributed by atoms with Gasteiger partial charge in [-0.3, -0.25) is 9.59 Å². The topological polar surface area (TPSA) is 69.6 Å². The lowest BCUT2D eigenvalue weighted by molar-refractivity contribution is -0.133. The van der Waals surface area contributed by atoms with Gasteiger partial charge in [0.15, 0.2) is 0 Å². The van der Waals surface area contributed by atoms with E-state index in [9.17, 15) is 14.7 Å². The molecule has 0 aromatic carbocycles. The molecular formula is C9H14N2O3. The van der Waals surface area contributed by atoms with Gasteiger partial charge >= 0.3 is 0 Å². The molecule has 0 aliphatic carbocycles. The van der Waals surface area contributed by atoms with E-state index in [4.69, 9.17) is 0 Å². The lowest BCUT2D eigenvalue weighted by atomic mass is 10.2. The molecule has 78 valence electrons. The van der Waals surface area contributed by atoms with Gasteiger partial charge in [0.1, 0.15) is 6.04 Å². The first-order chi connectivity index (χ1) is 6.66. The van der Waals surface area contributed by atoms with E-state index < -0.39 is 6.10 Å². The highest BCUT2D eigenvalue weighted by molar-refractivity contribution is 5.90. The summed E-state index contributed by atoms with van der Waals surface area (Å²) in [5.41, 5.74) is 0. The molecule has 2 rings (SSSR count). The van der Waals surface area contributed by atoms with E-state index in [-0.39, 0.29) is 17.9 Å². The Morgan fingerprint density at radius 3 is 2.79 bits per heavy atom. The maximum atomic E-state index is 11.7. The van der Waals surface area contributed by atoms with Crippen LogP contribution in [0.3, 0.4) is 0 Å². The molecule has 5 heteroatoms. The predicted molar refractivity (Wildman–Crippen MR) is 48.4 cm³/mol. The van der Waals surface area contributed by atoms with Crippen molar-refractivity contribution in [1.29, 1.82) is 0 Å². The van der Waals surface area contributed by atoms with Crippen molar-refractivity contribution in [2.45, 2.75) is 31.4 Å². The summed E-state index contributed by atoms with van der Waals surface area (Å²) < 4.78 is 0. The fourth-order valence-electron chi connectivity index (χ4n) is 1.96. The molecule has 2 N–H and O–H groups in total. The molecule has 0 aromatic heterocycles. The number of likely N-dealkylation sites (tertiary alicyclic amines) is 1. The van der Waals surface area contributed by atoms with Crippen molar-refractivity contribution in [3.8, 4) is 0 Å². The highest BCUT2D eigenvalue weighted by atomic mass is 16.3. The number of carbonyl (C=O) groups is 2. The second-order valence-electron chi connectivity index (χ2n) is 3.89. The zero-order valence-corrected chi connectivity index (χ0v) is 7.90. The number of carbonyl (C=O) groups excluding carboxylic acids is 2. The molecule has 2 saturated heterocycles. The predicted octanol–water partition coefficient (Wildman–Crippen LogP) is -1.14. The maximum Gasteiger partial charge on any atom is 0.245 e. The second kappa shape index (κ2) is 3.57. The van der Waals surface area contributed by atoms with Crippen LogP contribution >= 0.6 is 0 Å². The molecule has 2 heterocycles. The number of aliphatic hydroxyl groups is 1. The van der Waals surface area contributed by atoms with E-state index in [1.54, 1.807) is 4.90 Å². The fraction of sp³-hybridized carbons (Fsp3) is 0.778. The average Bonchev–Trinajstić information content (AvgIpc) is 2.73. The van der Waals surface area contributed by atoms with Crippen LogP contribution in [0.15, 0.2) is 0 Å². The first-order valence-electron chi connectivity index (χ1n) is 4.93. The Hall–Kier alpha value is -1.10. The monoisotopic (exact) mass is 198 g/mol. The Morgan fingerprint density at radius 2 is 2.29 bits per heavy atom. The Kier molecular flexibility index (Phi) is 2.41. The Morgan fingerprint density at radius 1 is 1.50 bits per heavy atom. The number of amides is 2. The van der Waals surface area contributed by atoms with Crippen molar-refractivity contribution in [3.05, 3.63) is 0 Å². The number of nitrogens with one attached hydrogen (secondary N) is 1. The summed E-state index contributed by atoms with van der Waals surface area (Å²) in [6.07, 6.45) is 1.28. The summed E-state index contributed by atoms with van der Waals surface area (Å²) >= 11 is 0. The number of hydrogen-bond donors (Lipinski definition) is 2. The Bertz CT molecular complexity index is 267. The molecule has 0 radical (unpaired) electrons.